The highest BCUT2D eigenvalue weighted by Crippen LogP contribution is 2.22. The van der Waals surface area contributed by atoms with Gasteiger partial charge in [-0.3, -0.25) is 4.79 Å². The third-order valence-electron chi connectivity index (χ3n) is 3.77. The molecule has 1 aliphatic rings. The molecule has 0 bridgehead atoms. The smallest absolute Gasteiger partial charge is 0.319 e. The molecule has 0 aliphatic carbocycles. The maximum absolute atomic E-state index is 12.1. The molecule has 130 valence electrons. The van der Waals surface area contributed by atoms with Gasteiger partial charge in [-0.25, -0.2) is 4.79 Å². The van der Waals surface area contributed by atoms with E-state index in [0.29, 0.717) is 23.8 Å². The van der Waals surface area contributed by atoms with E-state index in [1.807, 2.05) is 24.3 Å². The van der Waals surface area contributed by atoms with Gasteiger partial charge in [-0.05, 0) is 30.3 Å². The first-order valence-corrected chi connectivity index (χ1v) is 8.27. The van der Waals surface area contributed by atoms with Gasteiger partial charge in [0.2, 0.25) is 0 Å². The average Bonchev–Trinajstić information content (AvgIpc) is 2.62. The van der Waals surface area contributed by atoms with Crippen LogP contribution in [-0.4, -0.2) is 37.7 Å². The zero-order valence-corrected chi connectivity index (χ0v) is 14.2. The Kier molecular flexibility index (Phi) is 5.53. The van der Waals surface area contributed by atoms with Crippen molar-refractivity contribution >= 4 is 34.9 Å². The van der Waals surface area contributed by atoms with Crippen LogP contribution < -0.4 is 15.5 Å². The first-order chi connectivity index (χ1) is 12.1. The van der Waals surface area contributed by atoms with Crippen LogP contribution in [0.3, 0.4) is 0 Å². The predicted octanol–water partition coefficient (Wildman–Crippen LogP) is 2.89. The van der Waals surface area contributed by atoms with Crippen molar-refractivity contribution in [2.24, 2.45) is 0 Å². The van der Waals surface area contributed by atoms with E-state index < -0.39 is 0 Å². The normalized spacial score (nSPS) is 17.2. The van der Waals surface area contributed by atoms with Crippen molar-refractivity contribution in [1.29, 1.82) is 0 Å². The number of para-hydroxylation sites is 1. The lowest BCUT2D eigenvalue weighted by Crippen LogP contribution is -2.51. The molecule has 6 nitrogen and oxygen atoms in total. The maximum atomic E-state index is 12.1. The molecule has 2 N–H and O–H groups in total. The molecule has 1 heterocycles. The number of ether oxygens (including phenoxy) is 1. The molecule has 1 atom stereocenters. The van der Waals surface area contributed by atoms with Crippen LogP contribution in [0.1, 0.15) is 0 Å². The standard InChI is InChI=1S/C18H18ClN3O3/c19-13-5-4-8-15(9-13)22-11-16(25-12-17(22)23)10-20-18(24)21-14-6-2-1-3-7-14/h1-9,16H,10-12H2,(H2,20,21,24). The molecule has 0 spiro atoms. The molecule has 2 aromatic carbocycles. The summed E-state index contributed by atoms with van der Waals surface area (Å²) in [6.45, 7) is 0.618. The second-order valence-corrected chi connectivity index (χ2v) is 6.05. The van der Waals surface area contributed by atoms with Gasteiger partial charge in [0, 0.05) is 22.9 Å². The minimum Gasteiger partial charge on any atom is -0.365 e. The van der Waals surface area contributed by atoms with Crippen LogP contribution in [0.4, 0.5) is 16.2 Å². The van der Waals surface area contributed by atoms with Crippen LogP contribution >= 0.6 is 11.6 Å². The average molecular weight is 360 g/mol. The number of hydrogen-bond acceptors (Lipinski definition) is 3. The Balaban J connectivity index is 1.55. The highest BCUT2D eigenvalue weighted by molar-refractivity contribution is 6.30. The zero-order valence-electron chi connectivity index (χ0n) is 13.4. The summed E-state index contributed by atoms with van der Waals surface area (Å²) in [7, 11) is 0. The van der Waals surface area contributed by atoms with Gasteiger partial charge < -0.3 is 20.3 Å². The predicted molar refractivity (Wildman–Crippen MR) is 97.0 cm³/mol. The molecular weight excluding hydrogens is 342 g/mol. The van der Waals surface area contributed by atoms with Crippen molar-refractivity contribution in [1.82, 2.24) is 5.32 Å². The molecule has 1 saturated heterocycles. The van der Waals surface area contributed by atoms with Crippen LogP contribution in [0.15, 0.2) is 54.6 Å². The Bertz CT molecular complexity index is 754. The van der Waals surface area contributed by atoms with Crippen molar-refractivity contribution in [2.45, 2.75) is 6.10 Å². The molecule has 3 amide bonds. The summed E-state index contributed by atoms with van der Waals surface area (Å²) in [5.41, 5.74) is 1.43. The van der Waals surface area contributed by atoms with E-state index in [1.165, 1.54) is 0 Å². The first-order valence-electron chi connectivity index (χ1n) is 7.89. The quantitative estimate of drug-likeness (QED) is 0.881. The van der Waals surface area contributed by atoms with Gasteiger partial charge >= 0.3 is 6.03 Å². The summed E-state index contributed by atoms with van der Waals surface area (Å²) in [6, 6.07) is 15.9. The summed E-state index contributed by atoms with van der Waals surface area (Å²) < 4.78 is 5.51. The van der Waals surface area contributed by atoms with E-state index in [2.05, 4.69) is 10.6 Å². The fraction of sp³-hybridized carbons (Fsp3) is 0.222. The Morgan fingerprint density at radius 1 is 1.20 bits per heavy atom. The van der Waals surface area contributed by atoms with Crippen molar-refractivity contribution in [3.05, 3.63) is 59.6 Å². The summed E-state index contributed by atoms with van der Waals surface area (Å²) in [4.78, 5) is 25.7. The number of anilines is 2. The van der Waals surface area contributed by atoms with Crippen molar-refractivity contribution < 1.29 is 14.3 Å². The third-order valence-corrected chi connectivity index (χ3v) is 4.01. The third kappa shape index (κ3) is 4.71. The summed E-state index contributed by atoms with van der Waals surface area (Å²) in [6.07, 6.45) is -0.293. The van der Waals surface area contributed by atoms with Gasteiger partial charge in [0.05, 0.1) is 12.6 Å². The Labute approximate surface area is 150 Å². The molecular formula is C18H18ClN3O3. The lowest BCUT2D eigenvalue weighted by atomic mass is 10.2. The van der Waals surface area contributed by atoms with Gasteiger partial charge in [-0.2, -0.15) is 0 Å². The molecule has 25 heavy (non-hydrogen) atoms. The topological polar surface area (TPSA) is 70.7 Å². The van der Waals surface area contributed by atoms with Crippen LogP contribution in [0, 0.1) is 0 Å². The summed E-state index contributed by atoms with van der Waals surface area (Å²) in [5.74, 6) is -0.132. The molecule has 0 radical (unpaired) electrons. The van der Waals surface area contributed by atoms with E-state index in [0.717, 1.165) is 5.69 Å². The summed E-state index contributed by atoms with van der Waals surface area (Å²) in [5, 5.41) is 6.06. The molecule has 1 aliphatic heterocycles. The van der Waals surface area contributed by atoms with Crippen molar-refractivity contribution in [3.8, 4) is 0 Å². The Hall–Kier alpha value is -2.57. The molecule has 1 fully saturated rings. The second-order valence-electron chi connectivity index (χ2n) is 5.62. The van der Waals surface area contributed by atoms with Gasteiger partial charge in [0.25, 0.3) is 5.91 Å². The number of urea groups is 1. The zero-order chi connectivity index (χ0) is 17.6. The van der Waals surface area contributed by atoms with E-state index in [4.69, 9.17) is 16.3 Å². The lowest BCUT2D eigenvalue weighted by molar-refractivity contribution is -0.129. The molecule has 7 heteroatoms. The highest BCUT2D eigenvalue weighted by Gasteiger charge is 2.27. The monoisotopic (exact) mass is 359 g/mol. The minimum absolute atomic E-state index is 0.0286. The van der Waals surface area contributed by atoms with E-state index in [9.17, 15) is 9.59 Å². The number of rotatable bonds is 4. The van der Waals surface area contributed by atoms with E-state index in [-0.39, 0.29) is 24.6 Å². The fourth-order valence-corrected chi connectivity index (χ4v) is 2.73. The highest BCUT2D eigenvalue weighted by atomic mass is 35.5. The number of carbonyl (C=O) groups excluding carboxylic acids is 2. The van der Waals surface area contributed by atoms with Crippen LogP contribution in [0.25, 0.3) is 0 Å². The number of carbonyl (C=O) groups is 2. The molecule has 0 saturated carbocycles. The molecule has 1 unspecified atom stereocenters. The van der Waals surface area contributed by atoms with Crippen molar-refractivity contribution in [2.75, 3.05) is 29.9 Å². The van der Waals surface area contributed by atoms with Gasteiger partial charge in [-0.15, -0.1) is 0 Å². The number of amides is 3. The fourth-order valence-electron chi connectivity index (χ4n) is 2.55. The number of nitrogens with one attached hydrogen (secondary N) is 2. The Morgan fingerprint density at radius 2 is 2.00 bits per heavy atom. The first kappa shape index (κ1) is 17.3. The number of benzene rings is 2. The van der Waals surface area contributed by atoms with Crippen LogP contribution in [-0.2, 0) is 9.53 Å². The lowest BCUT2D eigenvalue weighted by Gasteiger charge is -2.33. The van der Waals surface area contributed by atoms with Gasteiger partial charge in [0.1, 0.15) is 6.61 Å². The van der Waals surface area contributed by atoms with Crippen LogP contribution in [0.5, 0.6) is 0 Å². The minimum atomic E-state index is -0.319. The Morgan fingerprint density at radius 3 is 2.76 bits per heavy atom. The van der Waals surface area contributed by atoms with Crippen LogP contribution in [0.2, 0.25) is 5.02 Å². The number of halogens is 1. The SMILES string of the molecule is O=C(NCC1CN(c2cccc(Cl)c2)C(=O)CO1)Nc1ccccc1. The molecule has 2 aromatic rings. The molecule has 3 rings (SSSR count). The van der Waals surface area contributed by atoms with Gasteiger partial charge in [-0.1, -0.05) is 35.9 Å². The maximum Gasteiger partial charge on any atom is 0.319 e. The number of hydrogen-bond donors (Lipinski definition) is 2. The largest absolute Gasteiger partial charge is 0.365 e. The number of nitrogens with zero attached hydrogens (tertiary/aromatic N) is 1. The summed E-state index contributed by atoms with van der Waals surface area (Å²) >= 11 is 5.99. The second kappa shape index (κ2) is 8.00. The van der Waals surface area contributed by atoms with E-state index >= 15 is 0 Å². The molecule has 0 aromatic heterocycles. The van der Waals surface area contributed by atoms with E-state index in [1.54, 1.807) is 35.2 Å². The van der Waals surface area contributed by atoms with Crippen molar-refractivity contribution in [3.63, 3.8) is 0 Å². The van der Waals surface area contributed by atoms with Gasteiger partial charge in [0.15, 0.2) is 0 Å². The number of morpholine rings is 1.